The summed E-state index contributed by atoms with van der Waals surface area (Å²) in [5.41, 5.74) is 0. The summed E-state index contributed by atoms with van der Waals surface area (Å²) in [5.74, 6) is 1.74. The summed E-state index contributed by atoms with van der Waals surface area (Å²) in [7, 11) is 0. The van der Waals surface area contributed by atoms with Crippen molar-refractivity contribution in [2.24, 2.45) is 11.8 Å². The fraction of sp³-hybridized carbons (Fsp3) is 1.00. The molecule has 0 aromatic heterocycles. The van der Waals surface area contributed by atoms with Crippen LogP contribution < -0.4 is 10.6 Å². The Morgan fingerprint density at radius 2 is 1.12 bits per heavy atom. The Balaban J connectivity index is 1.64. The lowest BCUT2D eigenvalue weighted by Gasteiger charge is -2.33. The summed E-state index contributed by atoms with van der Waals surface area (Å²) < 4.78 is 0. The van der Waals surface area contributed by atoms with E-state index < -0.39 is 0 Å². The molecule has 2 rings (SSSR count). The number of rotatable bonds is 4. The van der Waals surface area contributed by atoms with Crippen molar-refractivity contribution in [2.75, 3.05) is 6.67 Å². The molecule has 0 aliphatic heterocycles. The second kappa shape index (κ2) is 6.75. The summed E-state index contributed by atoms with van der Waals surface area (Å²) in [6, 6.07) is 1.52. The Bertz CT molecular complexity index is 195. The molecule has 2 heteroatoms. The molecule has 2 N–H and O–H groups in total. The van der Waals surface area contributed by atoms with Crippen molar-refractivity contribution >= 4 is 0 Å². The molecule has 0 heterocycles. The molecule has 0 bridgehead atoms. The van der Waals surface area contributed by atoms with Crippen molar-refractivity contribution in [1.29, 1.82) is 0 Å². The van der Waals surface area contributed by atoms with Gasteiger partial charge >= 0.3 is 0 Å². The van der Waals surface area contributed by atoms with Gasteiger partial charge in [-0.15, -0.1) is 0 Å². The maximum absolute atomic E-state index is 3.73. The van der Waals surface area contributed by atoms with Gasteiger partial charge in [0.05, 0.1) is 0 Å². The average Bonchev–Trinajstić information content (AvgIpc) is 2.34. The van der Waals surface area contributed by atoms with E-state index in [2.05, 4.69) is 24.5 Å². The summed E-state index contributed by atoms with van der Waals surface area (Å²) in [5, 5.41) is 7.46. The lowest BCUT2D eigenvalue weighted by molar-refractivity contribution is 0.241. The molecule has 2 aliphatic carbocycles. The molecule has 0 spiro atoms. The van der Waals surface area contributed by atoms with E-state index in [1.165, 1.54) is 51.4 Å². The van der Waals surface area contributed by atoms with Crippen LogP contribution in [0.25, 0.3) is 0 Å². The van der Waals surface area contributed by atoms with E-state index in [1.54, 1.807) is 0 Å². The van der Waals surface area contributed by atoms with Crippen LogP contribution in [0.2, 0.25) is 0 Å². The molecule has 4 atom stereocenters. The predicted molar refractivity (Wildman–Crippen MR) is 74.0 cm³/mol. The third-order valence-electron chi connectivity index (χ3n) is 4.95. The fourth-order valence-electron chi connectivity index (χ4n) is 3.56. The smallest absolute Gasteiger partial charge is 0.0458 e. The van der Waals surface area contributed by atoms with Crippen molar-refractivity contribution in [3.05, 3.63) is 0 Å². The van der Waals surface area contributed by atoms with Crippen molar-refractivity contribution < 1.29 is 0 Å². The highest BCUT2D eigenvalue weighted by Crippen LogP contribution is 2.25. The summed E-state index contributed by atoms with van der Waals surface area (Å²) in [6.07, 6.45) is 11.3. The van der Waals surface area contributed by atoms with Crippen molar-refractivity contribution in [3.8, 4) is 0 Å². The van der Waals surface area contributed by atoms with Crippen LogP contribution in [0.3, 0.4) is 0 Å². The molecule has 0 aromatic carbocycles. The Hall–Kier alpha value is -0.0800. The first-order valence-corrected chi connectivity index (χ1v) is 7.74. The van der Waals surface area contributed by atoms with Crippen LogP contribution in [0.15, 0.2) is 0 Å². The first-order chi connectivity index (χ1) is 8.27. The van der Waals surface area contributed by atoms with E-state index in [-0.39, 0.29) is 0 Å². The maximum Gasteiger partial charge on any atom is 0.0458 e. The second-order valence-corrected chi connectivity index (χ2v) is 6.32. The highest BCUT2D eigenvalue weighted by atomic mass is 15.1. The molecule has 4 unspecified atom stereocenters. The minimum atomic E-state index is 0.759. The number of hydrogen-bond acceptors (Lipinski definition) is 2. The average molecular weight is 238 g/mol. The molecule has 0 aromatic rings. The van der Waals surface area contributed by atoms with Gasteiger partial charge < -0.3 is 10.6 Å². The normalized spacial score (nSPS) is 39.2. The van der Waals surface area contributed by atoms with Gasteiger partial charge in [0.1, 0.15) is 0 Å². The second-order valence-electron chi connectivity index (χ2n) is 6.32. The van der Waals surface area contributed by atoms with Crippen LogP contribution in [0, 0.1) is 11.8 Å². The minimum Gasteiger partial charge on any atom is -0.301 e. The highest BCUT2D eigenvalue weighted by Gasteiger charge is 2.23. The molecule has 0 radical (unpaired) electrons. The van der Waals surface area contributed by atoms with Gasteiger partial charge in [-0.25, -0.2) is 0 Å². The van der Waals surface area contributed by atoms with Gasteiger partial charge in [-0.3, -0.25) is 0 Å². The molecule has 0 saturated heterocycles. The van der Waals surface area contributed by atoms with Gasteiger partial charge in [0, 0.05) is 18.8 Å². The lowest BCUT2D eigenvalue weighted by atomic mass is 9.85. The predicted octanol–water partition coefficient (Wildman–Crippen LogP) is 3.28. The topological polar surface area (TPSA) is 24.1 Å². The maximum atomic E-state index is 3.73. The molecule has 2 nitrogen and oxygen atoms in total. The van der Waals surface area contributed by atoms with Gasteiger partial charge in [-0.05, 0) is 37.5 Å². The van der Waals surface area contributed by atoms with E-state index in [0.717, 1.165) is 30.6 Å². The van der Waals surface area contributed by atoms with Crippen LogP contribution >= 0.6 is 0 Å². The Kier molecular flexibility index (Phi) is 5.30. The van der Waals surface area contributed by atoms with Crippen LogP contribution in [-0.4, -0.2) is 18.8 Å². The van der Waals surface area contributed by atoms with Crippen LogP contribution in [0.4, 0.5) is 0 Å². The fourth-order valence-corrected chi connectivity index (χ4v) is 3.56. The summed E-state index contributed by atoms with van der Waals surface area (Å²) in [6.45, 7) is 5.82. The zero-order valence-corrected chi connectivity index (χ0v) is 11.7. The van der Waals surface area contributed by atoms with Gasteiger partial charge in [0.15, 0.2) is 0 Å². The SMILES string of the molecule is CC1CCCCC1NCNC1CCCCC1C. The molecular formula is C15H30N2. The Morgan fingerprint density at radius 1 is 0.706 bits per heavy atom. The molecule has 0 amide bonds. The van der Waals surface area contributed by atoms with E-state index in [9.17, 15) is 0 Å². The molecular weight excluding hydrogens is 208 g/mol. The van der Waals surface area contributed by atoms with Crippen LogP contribution in [0.1, 0.15) is 65.2 Å². The zero-order chi connectivity index (χ0) is 12.1. The van der Waals surface area contributed by atoms with Crippen molar-refractivity contribution in [1.82, 2.24) is 10.6 Å². The monoisotopic (exact) mass is 238 g/mol. The minimum absolute atomic E-state index is 0.759. The Labute approximate surface area is 107 Å². The first kappa shape index (κ1) is 13.4. The number of nitrogens with one attached hydrogen (secondary N) is 2. The van der Waals surface area contributed by atoms with E-state index in [0.29, 0.717) is 0 Å². The molecule has 2 saturated carbocycles. The van der Waals surface area contributed by atoms with Crippen LogP contribution in [-0.2, 0) is 0 Å². The zero-order valence-electron chi connectivity index (χ0n) is 11.7. The molecule has 17 heavy (non-hydrogen) atoms. The molecule has 100 valence electrons. The van der Waals surface area contributed by atoms with E-state index >= 15 is 0 Å². The van der Waals surface area contributed by atoms with E-state index in [1.807, 2.05) is 0 Å². The quantitative estimate of drug-likeness (QED) is 0.735. The summed E-state index contributed by atoms with van der Waals surface area (Å²) in [4.78, 5) is 0. The Morgan fingerprint density at radius 3 is 1.53 bits per heavy atom. The van der Waals surface area contributed by atoms with Crippen molar-refractivity contribution in [3.63, 3.8) is 0 Å². The van der Waals surface area contributed by atoms with Gasteiger partial charge in [0.25, 0.3) is 0 Å². The van der Waals surface area contributed by atoms with Gasteiger partial charge in [0.2, 0.25) is 0 Å². The van der Waals surface area contributed by atoms with Crippen molar-refractivity contribution in [2.45, 2.75) is 77.3 Å². The standard InChI is InChI=1S/C15H30N2/c1-12-7-3-5-9-14(12)16-11-17-15-10-6-4-8-13(15)2/h12-17H,3-11H2,1-2H3. The summed E-state index contributed by atoms with van der Waals surface area (Å²) >= 11 is 0. The largest absolute Gasteiger partial charge is 0.301 e. The molecule has 2 aliphatic rings. The third kappa shape index (κ3) is 3.96. The highest BCUT2D eigenvalue weighted by molar-refractivity contribution is 4.80. The molecule has 2 fully saturated rings. The lowest BCUT2D eigenvalue weighted by Crippen LogP contribution is -2.47. The van der Waals surface area contributed by atoms with Gasteiger partial charge in [-0.1, -0.05) is 39.5 Å². The first-order valence-electron chi connectivity index (χ1n) is 7.74. The number of hydrogen-bond donors (Lipinski definition) is 2. The van der Waals surface area contributed by atoms with Gasteiger partial charge in [-0.2, -0.15) is 0 Å². The third-order valence-corrected chi connectivity index (χ3v) is 4.95. The van der Waals surface area contributed by atoms with E-state index in [4.69, 9.17) is 0 Å². The van der Waals surface area contributed by atoms with Crippen LogP contribution in [0.5, 0.6) is 0 Å².